The smallest absolute Gasteiger partial charge is 0.326 e. The number of hydrogen-bond donors (Lipinski definition) is 1. The Balaban J connectivity index is 1.74. The molecule has 4 heterocycles. The van der Waals surface area contributed by atoms with Crippen molar-refractivity contribution in [3.05, 3.63) is 22.5 Å². The van der Waals surface area contributed by atoms with Gasteiger partial charge in [-0.2, -0.15) is 0 Å². The first-order valence-electron chi connectivity index (χ1n) is 6.57. The van der Waals surface area contributed by atoms with Crippen LogP contribution in [0.1, 0.15) is 0 Å². The van der Waals surface area contributed by atoms with Gasteiger partial charge in [0.25, 0.3) is 0 Å². The Bertz CT molecular complexity index is 676. The van der Waals surface area contributed by atoms with Crippen LogP contribution in [0.4, 0.5) is 10.8 Å². The number of rotatable bonds is 2. The second-order valence-corrected chi connectivity index (χ2v) is 6.35. The first-order chi connectivity index (χ1) is 9.72. The minimum absolute atomic E-state index is 0.128. The average molecular weight is 291 g/mol. The number of nitrogens with zero attached hydrogens (tertiary/aromatic N) is 4. The fourth-order valence-electron chi connectivity index (χ4n) is 3.20. The molecule has 2 aliphatic rings. The lowest BCUT2D eigenvalue weighted by molar-refractivity contribution is -0.380. The van der Waals surface area contributed by atoms with Crippen molar-refractivity contribution in [1.82, 2.24) is 15.3 Å². The molecule has 1 N–H and O–H groups in total. The van der Waals surface area contributed by atoms with Crippen molar-refractivity contribution in [2.45, 2.75) is 0 Å². The lowest BCUT2D eigenvalue weighted by Gasteiger charge is -2.18. The third-order valence-corrected chi connectivity index (χ3v) is 5.16. The van der Waals surface area contributed by atoms with Gasteiger partial charge in [-0.15, -0.1) is 0 Å². The lowest BCUT2D eigenvalue weighted by Crippen LogP contribution is -2.26. The fraction of sp³-hybridized carbons (Fsp3) is 0.500. The van der Waals surface area contributed by atoms with Gasteiger partial charge in [0.2, 0.25) is 0 Å². The van der Waals surface area contributed by atoms with Crippen LogP contribution in [-0.2, 0) is 0 Å². The van der Waals surface area contributed by atoms with E-state index in [0.717, 1.165) is 48.7 Å². The molecule has 8 heteroatoms. The third-order valence-electron chi connectivity index (χ3n) is 4.16. The molecule has 0 unspecified atom stereocenters. The number of hydrogen-bond acceptors (Lipinski definition) is 7. The van der Waals surface area contributed by atoms with E-state index in [1.54, 1.807) is 6.07 Å². The van der Waals surface area contributed by atoms with Gasteiger partial charge in [0.05, 0.1) is 10.3 Å². The summed E-state index contributed by atoms with van der Waals surface area (Å²) in [6.45, 7) is 4.04. The zero-order chi connectivity index (χ0) is 13.7. The molecule has 2 aliphatic heterocycles. The van der Waals surface area contributed by atoms with Gasteiger partial charge in [-0.05, 0) is 23.2 Å². The zero-order valence-electron chi connectivity index (χ0n) is 10.7. The number of thiophene rings is 1. The molecule has 0 aromatic carbocycles. The van der Waals surface area contributed by atoms with E-state index in [-0.39, 0.29) is 9.92 Å². The first kappa shape index (κ1) is 12.0. The summed E-state index contributed by atoms with van der Waals surface area (Å²) >= 11 is 1.11. The van der Waals surface area contributed by atoms with Crippen molar-refractivity contribution in [1.29, 1.82) is 0 Å². The number of anilines is 1. The minimum Gasteiger partial charge on any atom is -0.355 e. The molecule has 2 saturated heterocycles. The molecule has 0 bridgehead atoms. The summed E-state index contributed by atoms with van der Waals surface area (Å²) in [5, 5.41) is 15.2. The highest BCUT2D eigenvalue weighted by atomic mass is 32.1. The lowest BCUT2D eigenvalue weighted by atomic mass is 10.0. The van der Waals surface area contributed by atoms with E-state index in [1.807, 2.05) is 0 Å². The zero-order valence-corrected chi connectivity index (χ0v) is 11.5. The average Bonchev–Trinajstić information content (AvgIpc) is 3.11. The van der Waals surface area contributed by atoms with Gasteiger partial charge in [0, 0.05) is 32.2 Å². The van der Waals surface area contributed by atoms with Crippen LogP contribution in [0.5, 0.6) is 0 Å². The first-order valence-corrected chi connectivity index (χ1v) is 7.38. The minimum atomic E-state index is -0.362. The predicted molar refractivity (Wildman–Crippen MR) is 76.1 cm³/mol. The molecule has 0 amide bonds. The number of nitro groups is 1. The second kappa shape index (κ2) is 4.35. The largest absolute Gasteiger partial charge is 0.355 e. The Labute approximate surface area is 118 Å². The Morgan fingerprint density at radius 2 is 2.10 bits per heavy atom. The molecule has 0 saturated carbocycles. The Hall–Kier alpha value is -1.80. The number of aromatic nitrogens is 2. The number of fused-ring (bicyclic) bond motifs is 2. The van der Waals surface area contributed by atoms with Gasteiger partial charge in [-0.25, -0.2) is 9.97 Å². The molecule has 0 spiro atoms. The summed E-state index contributed by atoms with van der Waals surface area (Å²) in [6, 6.07) is 1.60. The van der Waals surface area contributed by atoms with E-state index < -0.39 is 0 Å². The topological polar surface area (TPSA) is 84.2 Å². The van der Waals surface area contributed by atoms with E-state index in [4.69, 9.17) is 0 Å². The van der Waals surface area contributed by atoms with Crippen LogP contribution in [0, 0.1) is 22.0 Å². The van der Waals surface area contributed by atoms with Gasteiger partial charge < -0.3 is 10.2 Å². The molecule has 2 aromatic heterocycles. The van der Waals surface area contributed by atoms with Crippen LogP contribution in [0.25, 0.3) is 10.2 Å². The SMILES string of the molecule is O=[N+]([O-])c1cc2c(N3C[C@H]4CNC[C@H]4C3)ncnc2s1. The van der Waals surface area contributed by atoms with E-state index >= 15 is 0 Å². The molecular formula is C12H13N5O2S. The number of nitrogens with one attached hydrogen (secondary N) is 1. The molecule has 7 nitrogen and oxygen atoms in total. The highest BCUT2D eigenvalue weighted by Crippen LogP contribution is 2.37. The summed E-state index contributed by atoms with van der Waals surface area (Å²) in [7, 11) is 0. The molecular weight excluding hydrogens is 278 g/mol. The van der Waals surface area contributed by atoms with Crippen molar-refractivity contribution in [2.24, 2.45) is 11.8 Å². The third kappa shape index (κ3) is 1.75. The van der Waals surface area contributed by atoms with Gasteiger partial charge in [0.1, 0.15) is 17.0 Å². The van der Waals surface area contributed by atoms with E-state index in [0.29, 0.717) is 16.7 Å². The quantitative estimate of drug-likeness (QED) is 0.662. The Morgan fingerprint density at radius 3 is 2.80 bits per heavy atom. The summed E-state index contributed by atoms with van der Waals surface area (Å²) in [4.78, 5) is 22.0. The second-order valence-electron chi connectivity index (χ2n) is 5.34. The van der Waals surface area contributed by atoms with Crippen LogP contribution in [-0.4, -0.2) is 41.1 Å². The highest BCUT2D eigenvalue weighted by Gasteiger charge is 2.37. The van der Waals surface area contributed by atoms with Gasteiger partial charge in [-0.1, -0.05) is 0 Å². The van der Waals surface area contributed by atoms with Gasteiger partial charge >= 0.3 is 5.00 Å². The van der Waals surface area contributed by atoms with Crippen molar-refractivity contribution in [2.75, 3.05) is 31.1 Å². The maximum Gasteiger partial charge on any atom is 0.326 e. The molecule has 104 valence electrons. The monoisotopic (exact) mass is 291 g/mol. The predicted octanol–water partition coefficient (Wildman–Crippen LogP) is 1.26. The summed E-state index contributed by atoms with van der Waals surface area (Å²) < 4.78 is 0. The molecule has 0 aliphatic carbocycles. The molecule has 2 atom stereocenters. The van der Waals surface area contributed by atoms with Crippen LogP contribution in [0.3, 0.4) is 0 Å². The molecule has 4 rings (SSSR count). The van der Waals surface area contributed by atoms with Gasteiger partial charge in [0.15, 0.2) is 0 Å². The van der Waals surface area contributed by atoms with Crippen LogP contribution in [0.15, 0.2) is 12.4 Å². The fourth-order valence-corrected chi connectivity index (χ4v) is 4.01. The van der Waals surface area contributed by atoms with Crippen LogP contribution in [0.2, 0.25) is 0 Å². The normalized spacial score (nSPS) is 25.3. The van der Waals surface area contributed by atoms with Crippen LogP contribution < -0.4 is 10.2 Å². The van der Waals surface area contributed by atoms with E-state index in [9.17, 15) is 10.1 Å². The summed E-state index contributed by atoms with van der Waals surface area (Å²) in [6.07, 6.45) is 1.50. The standard InChI is InChI=1S/C12H13N5O2S/c18-17(19)10-1-9-11(14-6-15-12(9)20-10)16-4-7-2-13-3-8(7)5-16/h1,6-8,13H,2-5H2/t7-,8+. The molecule has 20 heavy (non-hydrogen) atoms. The summed E-state index contributed by atoms with van der Waals surface area (Å²) in [5.74, 6) is 2.16. The molecule has 0 radical (unpaired) electrons. The van der Waals surface area contributed by atoms with Crippen LogP contribution >= 0.6 is 11.3 Å². The Kier molecular flexibility index (Phi) is 2.61. The van der Waals surface area contributed by atoms with Gasteiger partial charge in [-0.3, -0.25) is 10.1 Å². The molecule has 2 aromatic rings. The Morgan fingerprint density at radius 1 is 1.35 bits per heavy atom. The summed E-state index contributed by atoms with van der Waals surface area (Å²) in [5.41, 5.74) is 0. The maximum absolute atomic E-state index is 10.9. The highest BCUT2D eigenvalue weighted by molar-refractivity contribution is 7.21. The van der Waals surface area contributed by atoms with Crippen molar-refractivity contribution in [3.63, 3.8) is 0 Å². The van der Waals surface area contributed by atoms with Crippen molar-refractivity contribution < 1.29 is 4.92 Å². The van der Waals surface area contributed by atoms with Crippen molar-refractivity contribution in [3.8, 4) is 0 Å². The van der Waals surface area contributed by atoms with E-state index in [1.165, 1.54) is 6.33 Å². The van der Waals surface area contributed by atoms with E-state index in [2.05, 4.69) is 20.2 Å². The maximum atomic E-state index is 10.9. The molecule has 2 fully saturated rings. The van der Waals surface area contributed by atoms with Crippen molar-refractivity contribution >= 4 is 32.4 Å².